The quantitative estimate of drug-likeness (QED) is 0.459. The van der Waals surface area contributed by atoms with Crippen LogP contribution in [-0.4, -0.2) is 35.6 Å². The van der Waals surface area contributed by atoms with E-state index in [0.29, 0.717) is 5.58 Å². The maximum absolute atomic E-state index is 12.9. The van der Waals surface area contributed by atoms with Crippen LogP contribution in [0.2, 0.25) is 0 Å². The van der Waals surface area contributed by atoms with Gasteiger partial charge < -0.3 is 19.0 Å². The number of alkyl halides is 3. The summed E-state index contributed by atoms with van der Waals surface area (Å²) in [6.07, 6.45) is -1.67. The topological polar surface area (TPSA) is 62.8 Å². The van der Waals surface area contributed by atoms with Crippen molar-refractivity contribution in [1.29, 1.82) is 0 Å². The van der Waals surface area contributed by atoms with E-state index in [1.807, 2.05) is 32.0 Å². The Kier molecular flexibility index (Phi) is 5.92. The van der Waals surface area contributed by atoms with Gasteiger partial charge in [-0.2, -0.15) is 13.2 Å². The van der Waals surface area contributed by atoms with Crippen molar-refractivity contribution in [2.45, 2.75) is 20.0 Å². The highest BCUT2D eigenvalue weighted by Gasteiger charge is 2.31. The first-order valence-electron chi connectivity index (χ1n) is 10.5. The van der Waals surface area contributed by atoms with Crippen LogP contribution in [0, 0.1) is 0 Å². The molecule has 168 valence electrons. The molecule has 0 radical (unpaired) electrons. The van der Waals surface area contributed by atoms with E-state index in [1.54, 1.807) is 6.07 Å². The molecule has 4 aromatic rings. The minimum Gasteiger partial charge on any atom is -0.422 e. The van der Waals surface area contributed by atoms with Crippen molar-refractivity contribution in [3.63, 3.8) is 0 Å². The van der Waals surface area contributed by atoms with Gasteiger partial charge >= 0.3 is 11.8 Å². The van der Waals surface area contributed by atoms with Crippen molar-refractivity contribution in [2.24, 2.45) is 0 Å². The van der Waals surface area contributed by atoms with Crippen LogP contribution in [0.25, 0.3) is 27.9 Å². The summed E-state index contributed by atoms with van der Waals surface area (Å²) in [7, 11) is 0. The predicted molar refractivity (Wildman–Crippen MR) is 118 cm³/mol. The number of halogens is 3. The highest BCUT2D eigenvalue weighted by molar-refractivity contribution is 5.84. The SMILES string of the molecule is CC.O=c1oc2cc(N3CCNCC3)ccc2cc1-c1cn2ccc(C(F)(F)F)cc2n1. The molecule has 32 heavy (non-hydrogen) atoms. The highest BCUT2D eigenvalue weighted by Crippen LogP contribution is 2.30. The number of nitrogens with one attached hydrogen (secondary N) is 1. The van der Waals surface area contributed by atoms with Crippen LogP contribution in [-0.2, 0) is 6.18 Å². The Balaban J connectivity index is 0.00000119. The van der Waals surface area contributed by atoms with Crippen LogP contribution in [0.3, 0.4) is 0 Å². The number of hydrogen-bond donors (Lipinski definition) is 1. The number of aromatic nitrogens is 2. The fourth-order valence-electron chi connectivity index (χ4n) is 3.69. The zero-order valence-electron chi connectivity index (χ0n) is 17.7. The number of benzene rings is 1. The van der Waals surface area contributed by atoms with Gasteiger partial charge in [-0.05, 0) is 30.3 Å². The second-order valence-corrected chi connectivity index (χ2v) is 7.21. The van der Waals surface area contributed by atoms with E-state index in [2.05, 4.69) is 15.2 Å². The number of anilines is 1. The molecule has 0 unspecified atom stereocenters. The first-order chi connectivity index (χ1) is 15.4. The lowest BCUT2D eigenvalue weighted by Crippen LogP contribution is -2.43. The summed E-state index contributed by atoms with van der Waals surface area (Å²) >= 11 is 0. The third-order valence-corrected chi connectivity index (χ3v) is 5.27. The summed E-state index contributed by atoms with van der Waals surface area (Å²) in [5.74, 6) is 0. The average molecular weight is 444 g/mol. The van der Waals surface area contributed by atoms with Gasteiger partial charge in [0.05, 0.1) is 16.8 Å². The Bertz CT molecular complexity index is 1300. The fraction of sp³-hybridized carbons (Fsp3) is 0.304. The molecule has 1 fully saturated rings. The molecule has 3 aromatic heterocycles. The molecule has 1 aromatic carbocycles. The zero-order chi connectivity index (χ0) is 22.9. The Morgan fingerprint density at radius 3 is 2.53 bits per heavy atom. The minimum atomic E-state index is -4.46. The van der Waals surface area contributed by atoms with Gasteiger partial charge in [0, 0.05) is 55.7 Å². The molecule has 0 spiro atoms. The molecule has 1 aliphatic heterocycles. The molecule has 0 amide bonds. The molecule has 1 N–H and O–H groups in total. The molecule has 6 nitrogen and oxygen atoms in total. The normalized spacial score (nSPS) is 14.5. The smallest absolute Gasteiger partial charge is 0.416 e. The third-order valence-electron chi connectivity index (χ3n) is 5.27. The first-order valence-corrected chi connectivity index (χ1v) is 10.5. The maximum atomic E-state index is 12.9. The summed E-state index contributed by atoms with van der Waals surface area (Å²) in [6.45, 7) is 7.53. The van der Waals surface area contributed by atoms with Crippen molar-refractivity contribution < 1.29 is 17.6 Å². The van der Waals surface area contributed by atoms with Gasteiger partial charge in [-0.3, -0.25) is 0 Å². The van der Waals surface area contributed by atoms with Gasteiger partial charge in [0.25, 0.3) is 0 Å². The van der Waals surface area contributed by atoms with Crippen molar-refractivity contribution in [1.82, 2.24) is 14.7 Å². The molecule has 5 rings (SSSR count). The molecule has 1 aliphatic rings. The van der Waals surface area contributed by atoms with E-state index >= 15 is 0 Å². The lowest BCUT2D eigenvalue weighted by molar-refractivity contribution is -0.137. The summed E-state index contributed by atoms with van der Waals surface area (Å²) in [6, 6.07) is 9.26. The van der Waals surface area contributed by atoms with Crippen LogP contribution in [0.1, 0.15) is 19.4 Å². The molecule has 0 saturated carbocycles. The largest absolute Gasteiger partial charge is 0.422 e. The van der Waals surface area contributed by atoms with Gasteiger partial charge in [-0.15, -0.1) is 0 Å². The predicted octanol–water partition coefficient (Wildman–Crippen LogP) is 4.56. The fourth-order valence-corrected chi connectivity index (χ4v) is 3.69. The summed E-state index contributed by atoms with van der Waals surface area (Å²) in [5, 5.41) is 4.01. The van der Waals surface area contributed by atoms with Gasteiger partial charge in [0.2, 0.25) is 0 Å². The number of piperazine rings is 1. The monoisotopic (exact) mass is 444 g/mol. The van der Waals surface area contributed by atoms with E-state index in [-0.39, 0.29) is 16.9 Å². The summed E-state index contributed by atoms with van der Waals surface area (Å²) in [5.41, 5.74) is 0.631. The first kappa shape index (κ1) is 21.9. The summed E-state index contributed by atoms with van der Waals surface area (Å²) in [4.78, 5) is 19.0. The van der Waals surface area contributed by atoms with E-state index < -0.39 is 17.4 Å². The van der Waals surface area contributed by atoms with Gasteiger partial charge in [0.15, 0.2) is 0 Å². The Morgan fingerprint density at radius 2 is 1.81 bits per heavy atom. The van der Waals surface area contributed by atoms with Crippen molar-refractivity contribution >= 4 is 22.3 Å². The summed E-state index contributed by atoms with van der Waals surface area (Å²) < 4.78 is 45.8. The number of imidazole rings is 1. The Hall–Kier alpha value is -3.33. The van der Waals surface area contributed by atoms with Crippen molar-refractivity contribution in [2.75, 3.05) is 31.1 Å². The van der Waals surface area contributed by atoms with E-state index in [0.717, 1.165) is 49.4 Å². The standard InChI is InChI=1S/C21H17F3N4O2.C2H6/c22-21(23,24)14-3-6-28-12-17(26-19(28)10-14)16-9-13-1-2-15(11-18(13)30-20(16)29)27-7-4-25-5-8-27;1-2/h1-3,6,9-12,25H,4-5,7-8H2;1-2H3. The molecular weight excluding hydrogens is 421 g/mol. The second-order valence-electron chi connectivity index (χ2n) is 7.21. The Labute approximate surface area is 182 Å². The number of fused-ring (bicyclic) bond motifs is 2. The Morgan fingerprint density at radius 1 is 1.06 bits per heavy atom. The maximum Gasteiger partial charge on any atom is 0.416 e. The van der Waals surface area contributed by atoms with Crippen LogP contribution in [0.15, 0.2) is 58.0 Å². The zero-order valence-corrected chi connectivity index (χ0v) is 17.7. The van der Waals surface area contributed by atoms with Crippen molar-refractivity contribution in [3.05, 3.63) is 64.8 Å². The van der Waals surface area contributed by atoms with Crippen LogP contribution < -0.4 is 15.8 Å². The van der Waals surface area contributed by atoms with Crippen LogP contribution >= 0.6 is 0 Å². The molecule has 0 bridgehead atoms. The highest BCUT2D eigenvalue weighted by atomic mass is 19.4. The second kappa shape index (κ2) is 8.66. The van der Waals surface area contributed by atoms with Gasteiger partial charge in [0.1, 0.15) is 11.2 Å². The van der Waals surface area contributed by atoms with Gasteiger partial charge in [-0.25, -0.2) is 9.78 Å². The molecular formula is C23H23F3N4O2. The van der Waals surface area contributed by atoms with Gasteiger partial charge in [-0.1, -0.05) is 13.8 Å². The number of pyridine rings is 1. The molecule has 4 heterocycles. The molecule has 9 heteroatoms. The van der Waals surface area contributed by atoms with E-state index in [4.69, 9.17) is 4.42 Å². The average Bonchev–Trinajstić information content (AvgIpc) is 3.23. The van der Waals surface area contributed by atoms with Crippen LogP contribution in [0.5, 0.6) is 0 Å². The van der Waals surface area contributed by atoms with Crippen molar-refractivity contribution in [3.8, 4) is 11.3 Å². The molecule has 0 aliphatic carbocycles. The number of rotatable bonds is 2. The lowest BCUT2D eigenvalue weighted by atomic mass is 10.1. The third kappa shape index (κ3) is 4.20. The van der Waals surface area contributed by atoms with E-state index in [9.17, 15) is 18.0 Å². The minimum absolute atomic E-state index is 0.105. The molecule has 1 saturated heterocycles. The molecule has 0 atom stereocenters. The number of nitrogens with zero attached hydrogens (tertiary/aromatic N) is 3. The van der Waals surface area contributed by atoms with Crippen LogP contribution in [0.4, 0.5) is 18.9 Å². The number of hydrogen-bond acceptors (Lipinski definition) is 5. The van der Waals surface area contributed by atoms with E-state index in [1.165, 1.54) is 16.8 Å². The lowest BCUT2D eigenvalue weighted by Gasteiger charge is -2.29.